The molecule has 0 radical (unpaired) electrons. The number of nitro benzene ring substituents is 1. The molecule has 0 saturated heterocycles. The van der Waals surface area contributed by atoms with Crippen molar-refractivity contribution in [2.24, 2.45) is 0 Å². The van der Waals surface area contributed by atoms with Gasteiger partial charge in [0.1, 0.15) is 0 Å². The molecule has 8 nitrogen and oxygen atoms in total. The van der Waals surface area contributed by atoms with Crippen LogP contribution in [0.5, 0.6) is 0 Å². The number of nitrogens with zero attached hydrogens (tertiary/aromatic N) is 2. The van der Waals surface area contributed by atoms with Crippen molar-refractivity contribution in [3.05, 3.63) is 51.3 Å². The minimum atomic E-state index is -0.811. The summed E-state index contributed by atoms with van der Waals surface area (Å²) in [6.45, 7) is 2.19. The highest BCUT2D eigenvalue weighted by Crippen LogP contribution is 2.38. The lowest BCUT2D eigenvalue weighted by Crippen LogP contribution is -3.06. The Morgan fingerprint density at radius 3 is 2.62 bits per heavy atom. The summed E-state index contributed by atoms with van der Waals surface area (Å²) in [5, 5.41) is 21.1. The Bertz CT molecular complexity index is 726. The lowest BCUT2D eigenvalue weighted by atomic mass is 9.96. The van der Waals surface area contributed by atoms with Crippen LogP contribution in [0.15, 0.2) is 35.6 Å². The van der Waals surface area contributed by atoms with E-state index in [1.165, 1.54) is 30.0 Å². The van der Waals surface area contributed by atoms with E-state index in [4.69, 9.17) is 0 Å². The number of likely N-dealkylation sites (N-methyl/N-ethyl adjacent to an activating group) is 1. The topological polar surface area (TPSA) is 105 Å². The highest BCUT2D eigenvalue weighted by atomic mass is 16.6. The van der Waals surface area contributed by atoms with E-state index in [-0.39, 0.29) is 11.3 Å². The van der Waals surface area contributed by atoms with Crippen LogP contribution in [0.3, 0.4) is 0 Å². The molecule has 1 amide bonds. The van der Waals surface area contributed by atoms with Crippen LogP contribution < -0.4 is 4.90 Å². The van der Waals surface area contributed by atoms with Gasteiger partial charge in [0.05, 0.1) is 43.7 Å². The second kappa shape index (κ2) is 6.79. The summed E-state index contributed by atoms with van der Waals surface area (Å²) in [7, 11) is 3.84. The summed E-state index contributed by atoms with van der Waals surface area (Å²) in [6.07, 6.45) is 0. The van der Waals surface area contributed by atoms with Gasteiger partial charge in [-0.3, -0.25) is 19.7 Å². The molecule has 1 aromatic rings. The van der Waals surface area contributed by atoms with Crippen LogP contribution >= 0.6 is 0 Å². The molecule has 2 rings (SSSR count). The van der Waals surface area contributed by atoms with E-state index >= 15 is 0 Å². The van der Waals surface area contributed by atoms with Crippen molar-refractivity contribution in [1.82, 2.24) is 4.90 Å². The summed E-state index contributed by atoms with van der Waals surface area (Å²) < 4.78 is 0. The third-order valence-electron chi connectivity index (χ3n) is 3.93. The Morgan fingerprint density at radius 1 is 1.42 bits per heavy atom. The van der Waals surface area contributed by atoms with Crippen LogP contribution in [0.4, 0.5) is 5.69 Å². The molecular weight excluding hydrogens is 314 g/mol. The molecule has 2 N–H and O–H groups in total. The van der Waals surface area contributed by atoms with Gasteiger partial charge in [0, 0.05) is 12.1 Å². The largest absolute Gasteiger partial charge is 0.503 e. The molecular formula is C16H20N3O5+. The Kier molecular flexibility index (Phi) is 4.99. The number of aliphatic hydroxyl groups is 1. The van der Waals surface area contributed by atoms with Gasteiger partial charge in [-0.15, -0.1) is 0 Å². The Balaban J connectivity index is 2.50. The van der Waals surface area contributed by atoms with E-state index in [0.717, 1.165) is 4.90 Å². The Labute approximate surface area is 139 Å². The Hall–Kier alpha value is -2.74. The summed E-state index contributed by atoms with van der Waals surface area (Å²) in [6, 6.07) is 4.97. The van der Waals surface area contributed by atoms with Gasteiger partial charge in [-0.25, -0.2) is 0 Å². The number of carbonyl (C=O) groups is 2. The first-order chi connectivity index (χ1) is 11.2. The molecule has 0 aromatic heterocycles. The molecule has 0 aliphatic carbocycles. The second-order valence-electron chi connectivity index (χ2n) is 6.03. The van der Waals surface area contributed by atoms with Gasteiger partial charge < -0.3 is 14.9 Å². The maximum atomic E-state index is 12.4. The number of carbonyl (C=O) groups excluding carboxylic acids is 2. The lowest BCUT2D eigenvalue weighted by Gasteiger charge is -2.26. The number of rotatable bonds is 6. The van der Waals surface area contributed by atoms with Crippen LogP contribution in [-0.2, 0) is 9.59 Å². The zero-order valence-corrected chi connectivity index (χ0v) is 13.8. The van der Waals surface area contributed by atoms with E-state index in [0.29, 0.717) is 18.7 Å². The van der Waals surface area contributed by atoms with Crippen molar-refractivity contribution in [3.63, 3.8) is 0 Å². The number of hydrogen-bond donors (Lipinski definition) is 2. The molecule has 0 saturated carbocycles. The first-order valence-corrected chi connectivity index (χ1v) is 7.52. The van der Waals surface area contributed by atoms with E-state index in [1.807, 2.05) is 14.1 Å². The second-order valence-corrected chi connectivity index (χ2v) is 6.03. The minimum Gasteiger partial charge on any atom is -0.503 e. The minimum absolute atomic E-state index is 0.0192. The van der Waals surface area contributed by atoms with Crippen molar-refractivity contribution >= 4 is 17.4 Å². The van der Waals surface area contributed by atoms with Crippen molar-refractivity contribution in [1.29, 1.82) is 0 Å². The molecule has 8 heteroatoms. The number of aliphatic hydroxyl groups excluding tert-OH is 1. The molecule has 24 heavy (non-hydrogen) atoms. The monoisotopic (exact) mass is 334 g/mol. The maximum Gasteiger partial charge on any atom is 0.290 e. The highest BCUT2D eigenvalue weighted by molar-refractivity contribution is 6.08. The highest BCUT2D eigenvalue weighted by Gasteiger charge is 2.42. The van der Waals surface area contributed by atoms with Crippen LogP contribution in [0.2, 0.25) is 0 Å². The summed E-state index contributed by atoms with van der Waals surface area (Å²) in [5.74, 6) is -1.64. The van der Waals surface area contributed by atoms with Gasteiger partial charge in [0.15, 0.2) is 11.5 Å². The quantitative estimate of drug-likeness (QED) is 0.564. The lowest BCUT2D eigenvalue weighted by molar-refractivity contribution is -0.857. The number of ketones is 1. The molecule has 0 fully saturated rings. The fourth-order valence-electron chi connectivity index (χ4n) is 2.74. The molecule has 0 unspecified atom stereocenters. The van der Waals surface area contributed by atoms with E-state index in [1.54, 1.807) is 6.07 Å². The van der Waals surface area contributed by atoms with Crippen molar-refractivity contribution in [2.45, 2.75) is 13.0 Å². The number of nitrogens with one attached hydrogen (secondary N) is 1. The predicted molar refractivity (Wildman–Crippen MR) is 85.6 cm³/mol. The number of benzene rings is 1. The van der Waals surface area contributed by atoms with Crippen LogP contribution in [-0.4, -0.2) is 53.8 Å². The molecule has 1 atom stereocenters. The summed E-state index contributed by atoms with van der Waals surface area (Å²) >= 11 is 0. The third-order valence-corrected chi connectivity index (χ3v) is 3.93. The number of quaternary nitrogens is 1. The van der Waals surface area contributed by atoms with Gasteiger partial charge in [0.2, 0.25) is 0 Å². The average Bonchev–Trinajstić information content (AvgIpc) is 2.77. The average molecular weight is 334 g/mol. The van der Waals surface area contributed by atoms with E-state index < -0.39 is 28.4 Å². The van der Waals surface area contributed by atoms with E-state index in [9.17, 15) is 24.8 Å². The fourth-order valence-corrected chi connectivity index (χ4v) is 2.74. The molecule has 1 aromatic carbocycles. The van der Waals surface area contributed by atoms with Crippen LogP contribution in [0.1, 0.15) is 18.5 Å². The number of hydrogen-bond acceptors (Lipinski definition) is 5. The summed E-state index contributed by atoms with van der Waals surface area (Å²) in [5.41, 5.74) is 0.280. The first kappa shape index (κ1) is 17.6. The number of non-ortho nitro benzene ring substituents is 1. The molecule has 0 spiro atoms. The zero-order chi connectivity index (χ0) is 18.0. The third kappa shape index (κ3) is 3.28. The van der Waals surface area contributed by atoms with Gasteiger partial charge in [-0.1, -0.05) is 12.1 Å². The van der Waals surface area contributed by atoms with Crippen molar-refractivity contribution in [2.75, 3.05) is 27.2 Å². The number of Topliss-reactive ketones (excluding diaryl/α,β-unsaturated/α-hetero) is 1. The number of amides is 1. The van der Waals surface area contributed by atoms with Gasteiger partial charge in [-0.2, -0.15) is 0 Å². The molecule has 1 aliphatic heterocycles. The molecule has 128 valence electrons. The van der Waals surface area contributed by atoms with Crippen LogP contribution in [0, 0.1) is 10.1 Å². The smallest absolute Gasteiger partial charge is 0.290 e. The summed E-state index contributed by atoms with van der Waals surface area (Å²) in [4.78, 5) is 37.3. The SMILES string of the molecule is CC(=O)C1=C(O)C(=O)N(CC[NH+](C)C)[C@H]1c1cccc([N+](=O)[O-])c1. The van der Waals surface area contributed by atoms with E-state index in [2.05, 4.69) is 0 Å². The molecule has 1 aliphatic rings. The normalized spacial score (nSPS) is 17.8. The van der Waals surface area contributed by atoms with Gasteiger partial charge in [-0.05, 0) is 12.5 Å². The Morgan fingerprint density at radius 2 is 2.08 bits per heavy atom. The fraction of sp³-hybridized carbons (Fsp3) is 0.375. The maximum absolute atomic E-state index is 12.4. The first-order valence-electron chi connectivity index (χ1n) is 7.52. The van der Waals surface area contributed by atoms with Crippen molar-refractivity contribution in [3.8, 4) is 0 Å². The zero-order valence-electron chi connectivity index (χ0n) is 13.8. The van der Waals surface area contributed by atoms with Gasteiger partial charge >= 0.3 is 0 Å². The number of nitro groups is 1. The van der Waals surface area contributed by atoms with Crippen LogP contribution in [0.25, 0.3) is 0 Å². The van der Waals surface area contributed by atoms with Crippen molar-refractivity contribution < 1.29 is 24.5 Å². The molecule has 0 bridgehead atoms. The van der Waals surface area contributed by atoms with Gasteiger partial charge in [0.25, 0.3) is 11.6 Å². The predicted octanol–water partition coefficient (Wildman–Crippen LogP) is 0.0237. The standard InChI is InChI=1S/C16H19N3O5/c1-10(20)13-14(11-5-4-6-12(9-11)19(23)24)18(8-7-17(2)3)16(22)15(13)21/h4-6,9,14,21H,7-8H2,1-3H3/p+1/t14-/m0/s1. The molecule has 1 heterocycles.